The summed E-state index contributed by atoms with van der Waals surface area (Å²) in [4.78, 5) is 0. The molecule has 0 aliphatic heterocycles. The van der Waals surface area contributed by atoms with Crippen molar-refractivity contribution in [2.45, 2.75) is 19.3 Å². The van der Waals surface area contributed by atoms with E-state index in [1.54, 1.807) is 0 Å². The van der Waals surface area contributed by atoms with Crippen LogP contribution in [0, 0.1) is 0 Å². The molecule has 0 bridgehead atoms. The van der Waals surface area contributed by atoms with Gasteiger partial charge in [0.25, 0.3) is 0 Å². The first kappa shape index (κ1) is 21.8. The Bertz CT molecular complexity index is 2550. The molecule has 1 aliphatic rings. The van der Waals surface area contributed by atoms with Gasteiger partial charge in [-0.1, -0.05) is 86.6 Å². The number of rotatable bonds is 1. The minimum absolute atomic E-state index is 0.184. The smallest absolute Gasteiger partial charge is 0.0804 e. The molecular formula is C38H27N3. The number of fused-ring (bicyclic) bond motifs is 10. The Morgan fingerprint density at radius 1 is 0.537 bits per heavy atom. The van der Waals surface area contributed by atoms with Gasteiger partial charge in [0.1, 0.15) is 0 Å². The first-order valence-electron chi connectivity index (χ1n) is 14.5. The average molecular weight is 526 g/mol. The van der Waals surface area contributed by atoms with Crippen molar-refractivity contribution in [3.8, 4) is 16.8 Å². The standard InChI is InChI=1S/C38H27N3/c1-38(2)27-17-9-7-14-23(27)31-25-16-11-19-29-32(25)33-30(39(29)3)21-20-26-34(33)41(37(31)38)35-24-15-8-10-18-28(24)40(36(26)35)22-12-5-4-6-13-22/h4-21H,1-3H3. The second-order valence-electron chi connectivity index (χ2n) is 12.2. The average Bonchev–Trinajstić information content (AvgIpc) is 3.64. The summed E-state index contributed by atoms with van der Waals surface area (Å²) in [6, 6.07) is 40.4. The summed E-state index contributed by atoms with van der Waals surface area (Å²) in [5.41, 5.74) is 14.2. The van der Waals surface area contributed by atoms with Crippen LogP contribution in [0.5, 0.6) is 0 Å². The maximum absolute atomic E-state index is 2.67. The summed E-state index contributed by atoms with van der Waals surface area (Å²) >= 11 is 0. The van der Waals surface area contributed by atoms with Gasteiger partial charge in [-0.3, -0.25) is 0 Å². The third-order valence-electron chi connectivity index (χ3n) is 9.93. The predicted octanol–water partition coefficient (Wildman–Crippen LogP) is 9.58. The lowest BCUT2D eigenvalue weighted by molar-refractivity contribution is 0.632. The first-order valence-corrected chi connectivity index (χ1v) is 14.5. The molecule has 0 saturated heterocycles. The van der Waals surface area contributed by atoms with Crippen LogP contribution in [0.2, 0.25) is 0 Å². The van der Waals surface area contributed by atoms with Gasteiger partial charge in [0, 0.05) is 56.5 Å². The lowest BCUT2D eigenvalue weighted by Gasteiger charge is -2.22. The maximum atomic E-state index is 2.67. The van der Waals surface area contributed by atoms with Crippen LogP contribution >= 0.6 is 0 Å². The van der Waals surface area contributed by atoms with Gasteiger partial charge in [-0.05, 0) is 52.9 Å². The third kappa shape index (κ3) is 2.32. The van der Waals surface area contributed by atoms with E-state index in [9.17, 15) is 0 Å². The fourth-order valence-corrected chi connectivity index (χ4v) is 8.31. The van der Waals surface area contributed by atoms with Crippen molar-refractivity contribution in [2.24, 2.45) is 7.05 Å². The van der Waals surface area contributed by atoms with Crippen molar-refractivity contribution in [3.05, 3.63) is 120 Å². The monoisotopic (exact) mass is 525 g/mol. The zero-order valence-corrected chi connectivity index (χ0v) is 23.2. The Morgan fingerprint density at radius 2 is 1.24 bits per heavy atom. The van der Waals surface area contributed by atoms with E-state index in [1.807, 2.05) is 0 Å². The van der Waals surface area contributed by atoms with E-state index >= 15 is 0 Å². The Hall–Kier alpha value is -5.02. The Balaban J connectivity index is 1.63. The molecular weight excluding hydrogens is 498 g/mol. The fraction of sp³-hybridized carbons (Fsp3) is 0.105. The van der Waals surface area contributed by atoms with Gasteiger partial charge in [-0.25, -0.2) is 0 Å². The summed E-state index contributed by atoms with van der Waals surface area (Å²) in [5.74, 6) is 0. The van der Waals surface area contributed by atoms with Crippen molar-refractivity contribution in [1.29, 1.82) is 0 Å². The van der Waals surface area contributed by atoms with Crippen molar-refractivity contribution < 1.29 is 0 Å². The molecule has 0 unspecified atom stereocenters. The molecule has 9 aromatic rings. The van der Waals surface area contributed by atoms with Crippen molar-refractivity contribution >= 4 is 60.0 Å². The zero-order chi connectivity index (χ0) is 27.2. The minimum atomic E-state index is -0.184. The molecule has 0 fully saturated rings. The van der Waals surface area contributed by atoms with Crippen LogP contribution in [-0.2, 0) is 12.5 Å². The quantitative estimate of drug-likeness (QED) is 0.203. The number of hydrogen-bond donors (Lipinski definition) is 0. The molecule has 1 aliphatic carbocycles. The third-order valence-corrected chi connectivity index (χ3v) is 9.93. The predicted molar refractivity (Wildman–Crippen MR) is 172 cm³/mol. The molecule has 0 radical (unpaired) electrons. The molecule has 10 rings (SSSR count). The number of benzene rings is 5. The second kappa shape index (κ2) is 7.00. The van der Waals surface area contributed by atoms with Crippen LogP contribution in [0.15, 0.2) is 109 Å². The summed E-state index contributed by atoms with van der Waals surface area (Å²) in [5, 5.41) is 6.66. The molecule has 3 heteroatoms. The minimum Gasteiger partial charge on any atom is -0.344 e. The Labute approximate surface area is 236 Å². The summed E-state index contributed by atoms with van der Waals surface area (Å²) in [6.45, 7) is 4.83. The number of nitrogens with zero attached hydrogens (tertiary/aromatic N) is 3. The SMILES string of the molecule is Cn1c2cccc3c4c(n5c6c(ccc1c6c32)c1c5c2ccccc2n1-c1ccccc1)C(C)(C)c1ccccc1-4. The molecule has 0 spiro atoms. The molecule has 194 valence electrons. The number of hydrogen-bond acceptors (Lipinski definition) is 0. The van der Waals surface area contributed by atoms with Crippen LogP contribution in [0.25, 0.3) is 76.8 Å². The molecule has 4 heterocycles. The summed E-state index contributed by atoms with van der Waals surface area (Å²) in [7, 11) is 2.22. The number of para-hydroxylation sites is 2. The highest BCUT2D eigenvalue weighted by Gasteiger charge is 2.40. The molecule has 5 aromatic carbocycles. The van der Waals surface area contributed by atoms with Gasteiger partial charge in [-0.2, -0.15) is 0 Å². The van der Waals surface area contributed by atoms with E-state index in [-0.39, 0.29) is 5.41 Å². The molecule has 0 N–H and O–H groups in total. The molecule has 4 aromatic heterocycles. The number of aryl methyl sites for hydroxylation is 1. The van der Waals surface area contributed by atoms with Gasteiger partial charge in [0.05, 0.1) is 27.6 Å². The van der Waals surface area contributed by atoms with Gasteiger partial charge >= 0.3 is 0 Å². The van der Waals surface area contributed by atoms with Crippen LogP contribution in [0.1, 0.15) is 25.1 Å². The van der Waals surface area contributed by atoms with Crippen molar-refractivity contribution in [2.75, 3.05) is 0 Å². The maximum Gasteiger partial charge on any atom is 0.0804 e. The Morgan fingerprint density at radius 3 is 2.12 bits per heavy atom. The lowest BCUT2D eigenvalue weighted by atomic mass is 9.85. The van der Waals surface area contributed by atoms with Gasteiger partial charge in [-0.15, -0.1) is 0 Å². The van der Waals surface area contributed by atoms with E-state index in [4.69, 9.17) is 0 Å². The normalized spacial score (nSPS) is 14.4. The van der Waals surface area contributed by atoms with Crippen LogP contribution in [-0.4, -0.2) is 13.5 Å². The van der Waals surface area contributed by atoms with Crippen LogP contribution < -0.4 is 0 Å². The zero-order valence-electron chi connectivity index (χ0n) is 23.2. The van der Waals surface area contributed by atoms with Crippen LogP contribution in [0.4, 0.5) is 0 Å². The highest BCUT2D eigenvalue weighted by molar-refractivity contribution is 6.32. The highest BCUT2D eigenvalue weighted by Crippen LogP contribution is 2.55. The molecule has 41 heavy (non-hydrogen) atoms. The van der Waals surface area contributed by atoms with E-state index < -0.39 is 0 Å². The van der Waals surface area contributed by atoms with Gasteiger partial charge < -0.3 is 13.5 Å². The van der Waals surface area contributed by atoms with Gasteiger partial charge in [0.15, 0.2) is 0 Å². The van der Waals surface area contributed by atoms with Crippen molar-refractivity contribution in [3.63, 3.8) is 0 Å². The largest absolute Gasteiger partial charge is 0.344 e. The highest BCUT2D eigenvalue weighted by atomic mass is 15.1. The fourth-order valence-electron chi connectivity index (χ4n) is 8.31. The number of aromatic nitrogens is 3. The van der Waals surface area contributed by atoms with E-state index in [0.717, 1.165) is 0 Å². The van der Waals surface area contributed by atoms with Crippen molar-refractivity contribution in [1.82, 2.24) is 13.5 Å². The summed E-state index contributed by atoms with van der Waals surface area (Å²) in [6.07, 6.45) is 0. The lowest BCUT2D eigenvalue weighted by Crippen LogP contribution is -2.18. The van der Waals surface area contributed by atoms with E-state index in [2.05, 4.69) is 144 Å². The van der Waals surface area contributed by atoms with Crippen LogP contribution in [0.3, 0.4) is 0 Å². The van der Waals surface area contributed by atoms with Gasteiger partial charge in [0.2, 0.25) is 0 Å². The van der Waals surface area contributed by atoms with E-state index in [1.165, 1.54) is 88.1 Å². The molecule has 0 amide bonds. The van der Waals surface area contributed by atoms with E-state index in [0.29, 0.717) is 0 Å². The molecule has 0 atom stereocenters. The molecule has 3 nitrogen and oxygen atoms in total. The first-order chi connectivity index (χ1) is 20.1. The molecule has 0 saturated carbocycles. The second-order valence-corrected chi connectivity index (χ2v) is 12.2. The topological polar surface area (TPSA) is 14.3 Å². The summed E-state index contributed by atoms with van der Waals surface area (Å²) < 4.78 is 7.54. The Kier molecular flexibility index (Phi) is 3.71.